The molecule has 9 rings (SSSR count). The lowest BCUT2D eigenvalue weighted by atomic mass is 9.80. The van der Waals surface area contributed by atoms with Gasteiger partial charge in [-0.15, -0.1) is 0 Å². The Labute approximate surface area is 419 Å². The quantitative estimate of drug-likeness (QED) is 0.0334. The number of methoxy groups -OCH3 is 2. The van der Waals surface area contributed by atoms with Crippen LogP contribution in [0.15, 0.2) is 155 Å². The molecule has 7 aromatic carbocycles. The second-order valence-electron chi connectivity index (χ2n) is 18.7. The Morgan fingerprint density at radius 2 is 1.33 bits per heavy atom. The Morgan fingerprint density at radius 1 is 0.750 bits per heavy atom. The van der Waals surface area contributed by atoms with E-state index in [4.69, 9.17) is 28.0 Å². The number of nitrogens with one attached hydrogen (secondary N) is 1. The van der Waals surface area contributed by atoms with Crippen LogP contribution in [0.2, 0.25) is 0 Å². The van der Waals surface area contributed by atoms with Gasteiger partial charge in [-0.3, -0.25) is 28.3 Å². The number of aromatic amines is 1. The van der Waals surface area contributed by atoms with Crippen LogP contribution in [0.5, 0.6) is 11.5 Å². The van der Waals surface area contributed by atoms with Gasteiger partial charge in [0.15, 0.2) is 6.23 Å². The van der Waals surface area contributed by atoms with E-state index in [1.54, 1.807) is 18.9 Å². The van der Waals surface area contributed by atoms with Crippen molar-refractivity contribution in [3.8, 4) is 17.6 Å². The van der Waals surface area contributed by atoms with Crippen LogP contribution >= 0.6 is 7.75 Å². The molecule has 14 nitrogen and oxygen atoms in total. The molecule has 2 heterocycles. The number of aromatic nitrogens is 2. The first-order valence-electron chi connectivity index (χ1n) is 24.2. The standard InChI is InChI=1S/C57H60N5O9P/c1-37(2)62(38(3)4)72(65,69-34-12-32-58)71-54-49(36-68-57(43-15-9-8-10-16-43,44-22-26-46(66-6)27-23-44)45-24-28-47(67-7)29-25-45)70-55(61-33-31-50(63)59-56(61)64)53(54)60(5)35-42-20-19-41-18-17-39-13-11-14-40-21-30-48(42)52(41)51(39)40/h8-11,13-31,33,37-38,49,53-55H,12,34-36H2,1-7H3,(H,59,63,64)/t49-,53-,54-,55-,72?/m1/s1. The molecule has 5 atom stereocenters. The fourth-order valence-corrected chi connectivity index (χ4v) is 12.9. The molecule has 1 N–H and O–H groups in total. The van der Waals surface area contributed by atoms with Crippen molar-refractivity contribution >= 4 is 40.1 Å². The molecular formula is C57H60N5O9P. The highest BCUT2D eigenvalue weighted by molar-refractivity contribution is 7.51. The number of hydrogen-bond acceptors (Lipinski definition) is 11. The number of ether oxygens (including phenoxy) is 4. The number of H-pyrrole nitrogens is 1. The lowest BCUT2D eigenvalue weighted by molar-refractivity contribution is -0.0946. The number of rotatable bonds is 20. The second kappa shape index (κ2) is 21.2. The molecule has 1 saturated heterocycles. The summed E-state index contributed by atoms with van der Waals surface area (Å²) in [5.41, 5.74) is 0.734. The molecule has 0 amide bonds. The molecule has 1 unspecified atom stereocenters. The summed E-state index contributed by atoms with van der Waals surface area (Å²) in [7, 11) is 0.800. The predicted octanol–water partition coefficient (Wildman–Crippen LogP) is 10.4. The van der Waals surface area contributed by atoms with E-state index in [0.717, 1.165) is 49.2 Å². The van der Waals surface area contributed by atoms with E-state index in [-0.39, 0.29) is 31.7 Å². The summed E-state index contributed by atoms with van der Waals surface area (Å²) in [6, 6.07) is 46.1. The molecule has 72 heavy (non-hydrogen) atoms. The maximum absolute atomic E-state index is 15.9. The molecule has 0 radical (unpaired) electrons. The van der Waals surface area contributed by atoms with E-state index in [1.165, 1.54) is 22.2 Å². The van der Waals surface area contributed by atoms with Crippen LogP contribution in [0.25, 0.3) is 32.3 Å². The average molecular weight is 990 g/mol. The van der Waals surface area contributed by atoms with Gasteiger partial charge in [0.25, 0.3) is 5.56 Å². The van der Waals surface area contributed by atoms with Gasteiger partial charge in [0.2, 0.25) is 0 Å². The minimum absolute atomic E-state index is 0.0399. The van der Waals surface area contributed by atoms with E-state index in [1.807, 2.05) is 119 Å². The third-order valence-electron chi connectivity index (χ3n) is 13.7. The maximum atomic E-state index is 15.9. The first-order chi connectivity index (χ1) is 34.8. The number of likely N-dealkylation sites (N-methyl/N-ethyl adjacent to an activating group) is 1. The second-order valence-corrected chi connectivity index (χ2v) is 20.6. The number of benzene rings is 7. The van der Waals surface area contributed by atoms with Gasteiger partial charge in [-0.05, 0) is 114 Å². The molecular weight excluding hydrogens is 930 g/mol. The summed E-state index contributed by atoms with van der Waals surface area (Å²) in [4.78, 5) is 31.2. The van der Waals surface area contributed by atoms with Crippen LogP contribution in [-0.4, -0.2) is 83.9 Å². The molecule has 1 aliphatic heterocycles. The molecule has 1 fully saturated rings. The number of hydrogen-bond donors (Lipinski definition) is 1. The largest absolute Gasteiger partial charge is 0.497 e. The minimum Gasteiger partial charge on any atom is -0.497 e. The lowest BCUT2D eigenvalue weighted by Crippen LogP contribution is -2.49. The van der Waals surface area contributed by atoms with Gasteiger partial charge < -0.3 is 18.9 Å². The highest BCUT2D eigenvalue weighted by Crippen LogP contribution is 2.58. The van der Waals surface area contributed by atoms with Gasteiger partial charge in [0.05, 0.1) is 46.0 Å². The summed E-state index contributed by atoms with van der Waals surface area (Å²) in [6.45, 7) is 7.61. The van der Waals surface area contributed by atoms with E-state index < -0.39 is 49.1 Å². The molecule has 0 bridgehead atoms. The van der Waals surface area contributed by atoms with Crippen molar-refractivity contribution in [2.24, 2.45) is 0 Å². The van der Waals surface area contributed by atoms with Crippen LogP contribution in [0.4, 0.5) is 0 Å². The third-order valence-corrected chi connectivity index (χ3v) is 16.2. The molecule has 15 heteroatoms. The van der Waals surface area contributed by atoms with Crippen molar-refractivity contribution in [1.82, 2.24) is 19.1 Å². The van der Waals surface area contributed by atoms with E-state index in [2.05, 4.69) is 65.7 Å². The Kier molecular flexibility index (Phi) is 14.8. The SMILES string of the molecule is COc1ccc(C(OC[C@H]2O[C@@H](n3ccc(=O)[nH]c3=O)[C@H](N(C)Cc3ccc4ccc5cccc6ccc3c4c56)[C@@H]2OP(=O)(OCCC#N)N(C(C)C)C(C)C)(c2ccccc2)c2ccc(OC)cc2)cc1. The summed E-state index contributed by atoms with van der Waals surface area (Å²) in [6.07, 6.45) is -1.97. The van der Waals surface area contributed by atoms with Gasteiger partial charge in [-0.25, -0.2) is 14.0 Å². The zero-order chi connectivity index (χ0) is 50.7. The van der Waals surface area contributed by atoms with Crippen molar-refractivity contribution in [3.63, 3.8) is 0 Å². The van der Waals surface area contributed by atoms with Gasteiger partial charge in [-0.2, -0.15) is 5.26 Å². The highest BCUT2D eigenvalue weighted by atomic mass is 31.2. The van der Waals surface area contributed by atoms with E-state index >= 15 is 4.57 Å². The van der Waals surface area contributed by atoms with Crippen LogP contribution < -0.4 is 20.7 Å². The van der Waals surface area contributed by atoms with Crippen LogP contribution in [0.3, 0.4) is 0 Å². The summed E-state index contributed by atoms with van der Waals surface area (Å²) in [5, 5.41) is 16.4. The Morgan fingerprint density at radius 3 is 1.92 bits per heavy atom. The monoisotopic (exact) mass is 989 g/mol. The first kappa shape index (κ1) is 50.3. The fraction of sp³-hybridized carbons (Fsp3) is 0.316. The highest BCUT2D eigenvalue weighted by Gasteiger charge is 2.54. The van der Waals surface area contributed by atoms with Crippen molar-refractivity contribution < 1.29 is 32.6 Å². The van der Waals surface area contributed by atoms with Crippen LogP contribution in [0, 0.1) is 11.3 Å². The predicted molar refractivity (Wildman–Crippen MR) is 280 cm³/mol. The molecule has 0 spiro atoms. The summed E-state index contributed by atoms with van der Waals surface area (Å²) >= 11 is 0. The minimum atomic E-state index is -4.34. The lowest BCUT2D eigenvalue weighted by Gasteiger charge is -2.40. The number of nitriles is 1. The first-order valence-corrected chi connectivity index (χ1v) is 25.7. The van der Waals surface area contributed by atoms with Crippen molar-refractivity contribution in [3.05, 3.63) is 189 Å². The molecule has 1 aromatic heterocycles. The maximum Gasteiger partial charge on any atom is 0.409 e. The van der Waals surface area contributed by atoms with Crippen LogP contribution in [0.1, 0.15) is 62.6 Å². The van der Waals surface area contributed by atoms with E-state index in [0.29, 0.717) is 18.0 Å². The molecule has 8 aromatic rings. The fourth-order valence-electron chi connectivity index (χ4n) is 10.6. The Balaban J connectivity index is 1.23. The van der Waals surface area contributed by atoms with Crippen molar-refractivity contribution in [2.75, 3.05) is 34.5 Å². The summed E-state index contributed by atoms with van der Waals surface area (Å²) < 4.78 is 58.2. The average Bonchev–Trinajstić information content (AvgIpc) is 3.73. The smallest absolute Gasteiger partial charge is 0.409 e. The van der Waals surface area contributed by atoms with Gasteiger partial charge >= 0.3 is 13.4 Å². The van der Waals surface area contributed by atoms with Gasteiger partial charge in [0.1, 0.15) is 29.3 Å². The number of nitrogens with zero attached hydrogens (tertiary/aromatic N) is 4. The molecule has 372 valence electrons. The molecule has 0 saturated carbocycles. The third kappa shape index (κ3) is 9.57. The molecule has 1 aliphatic rings. The zero-order valence-electron chi connectivity index (χ0n) is 41.6. The normalized spacial score (nSPS) is 18.2. The van der Waals surface area contributed by atoms with Gasteiger partial charge in [0, 0.05) is 30.9 Å². The summed E-state index contributed by atoms with van der Waals surface area (Å²) in [5.74, 6) is 1.31. The van der Waals surface area contributed by atoms with Crippen LogP contribution in [-0.2, 0) is 35.2 Å². The van der Waals surface area contributed by atoms with Crippen molar-refractivity contribution in [1.29, 1.82) is 5.26 Å². The van der Waals surface area contributed by atoms with Crippen molar-refractivity contribution in [2.45, 2.75) is 82.8 Å². The zero-order valence-corrected chi connectivity index (χ0v) is 42.5. The molecule has 0 aliphatic carbocycles. The van der Waals surface area contributed by atoms with Gasteiger partial charge in [-0.1, -0.05) is 109 Å². The Hall–Kier alpha value is -6.66. The Bertz CT molecular complexity index is 3280. The topological polar surface area (TPSA) is 158 Å². The van der Waals surface area contributed by atoms with E-state index in [9.17, 15) is 14.9 Å².